The van der Waals surface area contributed by atoms with E-state index in [9.17, 15) is 4.79 Å². The molecule has 1 aromatic carbocycles. The highest BCUT2D eigenvalue weighted by Gasteiger charge is 2.09. The predicted molar refractivity (Wildman–Crippen MR) is 76.4 cm³/mol. The SMILES string of the molecule is CC(C)n1ccc2cc(-n3cnc(C(=O)O)c3)ccc21. The Morgan fingerprint density at radius 2 is 2.10 bits per heavy atom. The van der Waals surface area contributed by atoms with Gasteiger partial charge in [-0.2, -0.15) is 0 Å². The van der Waals surface area contributed by atoms with Crippen molar-refractivity contribution in [3.05, 3.63) is 48.7 Å². The fourth-order valence-electron chi connectivity index (χ4n) is 2.34. The molecule has 20 heavy (non-hydrogen) atoms. The molecule has 0 unspecified atom stereocenters. The second kappa shape index (κ2) is 4.52. The number of carboxylic acids is 1. The van der Waals surface area contributed by atoms with Crippen molar-refractivity contribution >= 4 is 16.9 Å². The van der Waals surface area contributed by atoms with Gasteiger partial charge in [-0.1, -0.05) is 0 Å². The average molecular weight is 269 g/mol. The van der Waals surface area contributed by atoms with Crippen molar-refractivity contribution in [1.29, 1.82) is 0 Å². The van der Waals surface area contributed by atoms with Crippen LogP contribution in [-0.4, -0.2) is 25.2 Å². The Balaban J connectivity index is 2.06. The van der Waals surface area contributed by atoms with Gasteiger partial charge >= 0.3 is 5.97 Å². The van der Waals surface area contributed by atoms with E-state index < -0.39 is 5.97 Å². The molecule has 0 saturated carbocycles. The Bertz CT molecular complexity index is 783. The molecule has 1 N–H and O–H groups in total. The van der Waals surface area contributed by atoms with Crippen molar-refractivity contribution in [2.24, 2.45) is 0 Å². The Morgan fingerprint density at radius 1 is 1.30 bits per heavy atom. The number of carboxylic acid groups (broad SMARTS) is 1. The van der Waals surface area contributed by atoms with Crippen molar-refractivity contribution in [1.82, 2.24) is 14.1 Å². The summed E-state index contributed by atoms with van der Waals surface area (Å²) in [6, 6.07) is 8.51. The van der Waals surface area contributed by atoms with Crippen LogP contribution in [-0.2, 0) is 0 Å². The summed E-state index contributed by atoms with van der Waals surface area (Å²) in [5, 5.41) is 10.0. The maximum absolute atomic E-state index is 10.9. The van der Waals surface area contributed by atoms with Gasteiger partial charge < -0.3 is 14.2 Å². The maximum Gasteiger partial charge on any atom is 0.356 e. The van der Waals surface area contributed by atoms with E-state index in [2.05, 4.69) is 35.7 Å². The van der Waals surface area contributed by atoms with Crippen LogP contribution in [0, 0.1) is 0 Å². The molecule has 3 rings (SSSR count). The van der Waals surface area contributed by atoms with Crippen molar-refractivity contribution in [3.63, 3.8) is 0 Å². The summed E-state index contributed by atoms with van der Waals surface area (Å²) in [6.45, 7) is 4.28. The van der Waals surface area contributed by atoms with Crippen LogP contribution in [0.5, 0.6) is 0 Å². The topological polar surface area (TPSA) is 60.0 Å². The summed E-state index contributed by atoms with van der Waals surface area (Å²) in [6.07, 6.45) is 5.10. The van der Waals surface area contributed by atoms with E-state index in [-0.39, 0.29) is 5.69 Å². The number of aromatic nitrogens is 3. The highest BCUT2D eigenvalue weighted by Crippen LogP contribution is 2.23. The molecule has 0 spiro atoms. The second-order valence-corrected chi connectivity index (χ2v) is 5.03. The zero-order valence-corrected chi connectivity index (χ0v) is 11.3. The number of carbonyl (C=O) groups is 1. The third kappa shape index (κ3) is 1.97. The number of nitrogens with zero attached hydrogens (tertiary/aromatic N) is 3. The van der Waals surface area contributed by atoms with Gasteiger partial charge in [-0.15, -0.1) is 0 Å². The van der Waals surface area contributed by atoms with Crippen LogP contribution in [0.25, 0.3) is 16.6 Å². The van der Waals surface area contributed by atoms with Crippen molar-refractivity contribution in [2.75, 3.05) is 0 Å². The first-order chi connectivity index (χ1) is 9.56. The van der Waals surface area contributed by atoms with Gasteiger partial charge in [0.25, 0.3) is 0 Å². The minimum Gasteiger partial charge on any atom is -0.476 e. The van der Waals surface area contributed by atoms with Gasteiger partial charge in [0.2, 0.25) is 0 Å². The van der Waals surface area contributed by atoms with Crippen LogP contribution in [0.1, 0.15) is 30.4 Å². The molecule has 102 valence electrons. The fourth-order valence-corrected chi connectivity index (χ4v) is 2.34. The minimum absolute atomic E-state index is 0.0462. The molecular formula is C15H15N3O2. The molecule has 0 fully saturated rings. The largest absolute Gasteiger partial charge is 0.476 e. The maximum atomic E-state index is 10.9. The molecule has 3 aromatic rings. The lowest BCUT2D eigenvalue weighted by Gasteiger charge is -2.09. The first kappa shape index (κ1) is 12.5. The van der Waals surface area contributed by atoms with Crippen LogP contribution in [0.4, 0.5) is 0 Å². The number of aromatic carboxylic acids is 1. The van der Waals surface area contributed by atoms with Gasteiger partial charge in [-0.05, 0) is 38.1 Å². The molecule has 0 saturated heterocycles. The number of imidazole rings is 1. The van der Waals surface area contributed by atoms with Gasteiger partial charge in [0.15, 0.2) is 5.69 Å². The first-order valence-electron chi connectivity index (χ1n) is 6.44. The van der Waals surface area contributed by atoms with Gasteiger partial charge in [0, 0.05) is 35.0 Å². The summed E-state index contributed by atoms with van der Waals surface area (Å²) in [5.74, 6) is -1.02. The lowest BCUT2D eigenvalue weighted by atomic mass is 10.2. The summed E-state index contributed by atoms with van der Waals surface area (Å²) in [7, 11) is 0. The zero-order chi connectivity index (χ0) is 14.3. The number of hydrogen-bond acceptors (Lipinski definition) is 2. The Kier molecular flexibility index (Phi) is 2.82. The predicted octanol–water partition coefficient (Wildman–Crippen LogP) is 3.11. The molecule has 2 heterocycles. The molecule has 0 aliphatic heterocycles. The van der Waals surface area contributed by atoms with E-state index in [1.165, 1.54) is 18.0 Å². The third-order valence-electron chi connectivity index (χ3n) is 3.36. The van der Waals surface area contributed by atoms with E-state index >= 15 is 0 Å². The monoisotopic (exact) mass is 269 g/mol. The van der Waals surface area contributed by atoms with E-state index in [1.54, 1.807) is 4.57 Å². The molecule has 0 radical (unpaired) electrons. The van der Waals surface area contributed by atoms with E-state index in [4.69, 9.17) is 5.11 Å². The average Bonchev–Trinajstić information content (AvgIpc) is 3.04. The highest BCUT2D eigenvalue weighted by molar-refractivity contribution is 5.85. The van der Waals surface area contributed by atoms with Gasteiger partial charge in [0.1, 0.15) is 6.33 Å². The number of fused-ring (bicyclic) bond motifs is 1. The van der Waals surface area contributed by atoms with Gasteiger partial charge in [-0.25, -0.2) is 9.78 Å². The smallest absolute Gasteiger partial charge is 0.356 e. The lowest BCUT2D eigenvalue weighted by molar-refractivity contribution is 0.0691. The fraction of sp³-hybridized carbons (Fsp3) is 0.200. The Morgan fingerprint density at radius 3 is 2.75 bits per heavy atom. The molecule has 5 nitrogen and oxygen atoms in total. The van der Waals surface area contributed by atoms with Crippen LogP contribution in [0.2, 0.25) is 0 Å². The lowest BCUT2D eigenvalue weighted by Crippen LogP contribution is -1.98. The molecular weight excluding hydrogens is 254 g/mol. The second-order valence-electron chi connectivity index (χ2n) is 5.03. The standard InChI is InChI=1S/C15H15N3O2/c1-10(2)18-6-5-11-7-12(3-4-14(11)18)17-8-13(15(19)20)16-9-17/h3-10H,1-2H3,(H,19,20). The summed E-state index contributed by atoms with van der Waals surface area (Å²) in [4.78, 5) is 14.7. The molecule has 0 atom stereocenters. The summed E-state index contributed by atoms with van der Waals surface area (Å²) >= 11 is 0. The number of benzene rings is 1. The van der Waals surface area contributed by atoms with Crippen molar-refractivity contribution in [2.45, 2.75) is 19.9 Å². The first-order valence-corrected chi connectivity index (χ1v) is 6.44. The van der Waals surface area contributed by atoms with Crippen LogP contribution in [0.15, 0.2) is 43.0 Å². The van der Waals surface area contributed by atoms with Crippen molar-refractivity contribution in [3.8, 4) is 5.69 Å². The van der Waals surface area contributed by atoms with Gasteiger partial charge in [0.05, 0.1) is 0 Å². The normalized spacial score (nSPS) is 11.3. The molecule has 0 aliphatic carbocycles. The number of rotatable bonds is 3. The summed E-state index contributed by atoms with van der Waals surface area (Å²) in [5.41, 5.74) is 2.12. The van der Waals surface area contributed by atoms with E-state index in [0.717, 1.165) is 11.1 Å². The van der Waals surface area contributed by atoms with Crippen molar-refractivity contribution < 1.29 is 9.90 Å². The van der Waals surface area contributed by atoms with E-state index in [0.29, 0.717) is 6.04 Å². The quantitative estimate of drug-likeness (QED) is 0.794. The van der Waals surface area contributed by atoms with Crippen LogP contribution < -0.4 is 0 Å². The third-order valence-corrected chi connectivity index (χ3v) is 3.36. The molecule has 2 aromatic heterocycles. The molecule has 0 aliphatic rings. The highest BCUT2D eigenvalue weighted by atomic mass is 16.4. The molecule has 0 amide bonds. The zero-order valence-electron chi connectivity index (χ0n) is 11.3. The van der Waals surface area contributed by atoms with Crippen LogP contribution in [0.3, 0.4) is 0 Å². The Hall–Kier alpha value is -2.56. The summed E-state index contributed by atoms with van der Waals surface area (Å²) < 4.78 is 3.92. The van der Waals surface area contributed by atoms with Gasteiger partial charge in [-0.3, -0.25) is 0 Å². The minimum atomic E-state index is -1.02. The molecule has 0 bridgehead atoms. The molecule has 5 heteroatoms. The van der Waals surface area contributed by atoms with E-state index in [1.807, 2.05) is 18.2 Å². The van der Waals surface area contributed by atoms with Crippen LogP contribution >= 0.6 is 0 Å². The number of hydrogen-bond donors (Lipinski definition) is 1. The Labute approximate surface area is 116 Å².